The van der Waals surface area contributed by atoms with E-state index in [1.807, 2.05) is 20.8 Å². The molecule has 1 amide bonds. The molecule has 2 N–H and O–H groups in total. The van der Waals surface area contributed by atoms with Crippen LogP contribution in [-0.2, 0) is 4.74 Å². The maximum Gasteiger partial charge on any atom is 0.410 e. The van der Waals surface area contributed by atoms with Crippen molar-refractivity contribution in [1.29, 1.82) is 0 Å². The summed E-state index contributed by atoms with van der Waals surface area (Å²) in [5, 5.41) is 12.6. The molecule has 0 aromatic rings. The van der Waals surface area contributed by atoms with Crippen molar-refractivity contribution in [3.8, 4) is 0 Å². The highest BCUT2D eigenvalue weighted by Gasteiger charge is 2.36. The van der Waals surface area contributed by atoms with Crippen molar-refractivity contribution in [3.63, 3.8) is 0 Å². The van der Waals surface area contributed by atoms with Gasteiger partial charge in [-0.15, -0.1) is 0 Å². The summed E-state index contributed by atoms with van der Waals surface area (Å²) < 4.78 is 5.48. The molecular formula is C18H34N4O3. The van der Waals surface area contributed by atoms with Gasteiger partial charge < -0.3 is 25.0 Å². The van der Waals surface area contributed by atoms with Crippen LogP contribution in [0.3, 0.4) is 0 Å². The molecule has 0 radical (unpaired) electrons. The first kappa shape index (κ1) is 19.8. The molecule has 25 heavy (non-hydrogen) atoms. The molecule has 2 heterocycles. The molecule has 2 atom stereocenters. The minimum Gasteiger partial charge on any atom is -0.444 e. The third-order valence-electron chi connectivity index (χ3n) is 4.64. The molecular weight excluding hydrogens is 320 g/mol. The van der Waals surface area contributed by atoms with Gasteiger partial charge in [0.1, 0.15) is 5.60 Å². The third-order valence-corrected chi connectivity index (χ3v) is 4.64. The molecule has 0 aromatic heterocycles. The maximum atomic E-state index is 12.3. The van der Waals surface area contributed by atoms with E-state index in [0.29, 0.717) is 25.6 Å². The first-order valence-corrected chi connectivity index (χ1v) is 9.47. The number of aliphatic hydroxyl groups is 1. The standard InChI is InChI=1S/C18H34N4O3/c1-5-6-14(7-10-23)11-19-16-20-12-15-13-21(8-9-22(15)16)17(24)25-18(2,3)4/h14-15,23H,5-13H2,1-4H3,(H,19,20). The van der Waals surface area contributed by atoms with E-state index in [2.05, 4.69) is 22.1 Å². The van der Waals surface area contributed by atoms with Crippen molar-refractivity contribution in [2.75, 3.05) is 39.3 Å². The molecule has 2 aliphatic rings. The Morgan fingerprint density at radius 3 is 2.80 bits per heavy atom. The second kappa shape index (κ2) is 8.74. The molecule has 0 saturated carbocycles. The molecule has 0 bridgehead atoms. The van der Waals surface area contributed by atoms with Crippen LogP contribution in [0.1, 0.15) is 47.0 Å². The van der Waals surface area contributed by atoms with E-state index < -0.39 is 5.60 Å². The quantitative estimate of drug-likeness (QED) is 0.759. The molecule has 1 fully saturated rings. The number of aliphatic imine (C=N–C) groups is 1. The van der Waals surface area contributed by atoms with Crippen molar-refractivity contribution < 1.29 is 14.6 Å². The van der Waals surface area contributed by atoms with E-state index in [4.69, 9.17) is 4.74 Å². The lowest BCUT2D eigenvalue weighted by Gasteiger charge is -2.39. The molecule has 0 spiro atoms. The second-order valence-electron chi connectivity index (χ2n) is 7.99. The monoisotopic (exact) mass is 354 g/mol. The van der Waals surface area contributed by atoms with Gasteiger partial charge in [0.25, 0.3) is 0 Å². The van der Waals surface area contributed by atoms with Gasteiger partial charge in [-0.05, 0) is 39.5 Å². The smallest absolute Gasteiger partial charge is 0.410 e. The lowest BCUT2D eigenvalue weighted by Crippen LogP contribution is -2.57. The zero-order valence-electron chi connectivity index (χ0n) is 16.1. The number of piperazine rings is 1. The number of nitrogens with one attached hydrogen (secondary N) is 1. The highest BCUT2D eigenvalue weighted by molar-refractivity contribution is 5.82. The van der Waals surface area contributed by atoms with Gasteiger partial charge in [-0.2, -0.15) is 0 Å². The predicted molar refractivity (Wildman–Crippen MR) is 98.7 cm³/mol. The van der Waals surface area contributed by atoms with Crippen molar-refractivity contribution in [2.24, 2.45) is 10.9 Å². The van der Waals surface area contributed by atoms with E-state index in [1.165, 1.54) is 0 Å². The average Bonchev–Trinajstić information content (AvgIpc) is 2.93. The number of ether oxygens (including phenoxy) is 1. The fourth-order valence-corrected chi connectivity index (χ4v) is 3.40. The van der Waals surface area contributed by atoms with Gasteiger partial charge in [-0.25, -0.2) is 4.79 Å². The van der Waals surface area contributed by atoms with Crippen LogP contribution in [-0.4, -0.2) is 77.9 Å². The Balaban J connectivity index is 1.82. The van der Waals surface area contributed by atoms with Gasteiger partial charge in [0.05, 0.1) is 12.6 Å². The molecule has 7 heteroatoms. The lowest BCUT2D eigenvalue weighted by molar-refractivity contribution is 0.0137. The normalized spacial score (nSPS) is 21.6. The van der Waals surface area contributed by atoms with Gasteiger partial charge in [-0.3, -0.25) is 4.99 Å². The molecule has 0 aliphatic carbocycles. The number of rotatable bonds is 6. The summed E-state index contributed by atoms with van der Waals surface area (Å²) in [4.78, 5) is 20.9. The van der Waals surface area contributed by atoms with E-state index in [1.54, 1.807) is 4.90 Å². The summed E-state index contributed by atoms with van der Waals surface area (Å²) in [6.07, 6.45) is 2.82. The van der Waals surface area contributed by atoms with Crippen LogP contribution >= 0.6 is 0 Å². The van der Waals surface area contributed by atoms with E-state index in [0.717, 1.165) is 38.3 Å². The molecule has 7 nitrogen and oxygen atoms in total. The number of amides is 1. The number of hydrogen-bond acceptors (Lipinski definition) is 6. The highest BCUT2D eigenvalue weighted by Crippen LogP contribution is 2.19. The Kier molecular flexibility index (Phi) is 6.93. The summed E-state index contributed by atoms with van der Waals surface area (Å²) in [6, 6.07) is 0.228. The summed E-state index contributed by atoms with van der Waals surface area (Å²) >= 11 is 0. The Hall–Kier alpha value is -1.50. The topological polar surface area (TPSA) is 77.4 Å². The summed E-state index contributed by atoms with van der Waals surface area (Å²) in [5.74, 6) is 1.41. The zero-order chi connectivity index (χ0) is 18.4. The Bertz CT molecular complexity index is 469. The molecule has 2 rings (SSSR count). The minimum absolute atomic E-state index is 0.228. The van der Waals surface area contributed by atoms with Crippen LogP contribution in [0.15, 0.2) is 4.99 Å². The zero-order valence-corrected chi connectivity index (χ0v) is 16.1. The Labute approximate surface area is 151 Å². The SMILES string of the molecule is CCCC(CCO)CNC1=NCC2CN(C(=O)OC(C)(C)C)CCN12. The van der Waals surface area contributed by atoms with Gasteiger partial charge >= 0.3 is 6.09 Å². The number of fused-ring (bicyclic) bond motifs is 1. The van der Waals surface area contributed by atoms with Crippen LogP contribution in [0.5, 0.6) is 0 Å². The van der Waals surface area contributed by atoms with Crippen molar-refractivity contribution in [1.82, 2.24) is 15.1 Å². The van der Waals surface area contributed by atoms with Crippen LogP contribution in [0.4, 0.5) is 4.79 Å². The van der Waals surface area contributed by atoms with Gasteiger partial charge in [0, 0.05) is 32.8 Å². The molecule has 0 aromatic carbocycles. The fraction of sp³-hybridized carbons (Fsp3) is 0.889. The van der Waals surface area contributed by atoms with Crippen molar-refractivity contribution in [2.45, 2.75) is 58.6 Å². The number of hydrogen-bond donors (Lipinski definition) is 2. The molecule has 1 saturated heterocycles. The summed E-state index contributed by atoms with van der Waals surface area (Å²) in [5.41, 5.74) is -0.464. The number of carbonyl (C=O) groups excluding carboxylic acids is 1. The highest BCUT2D eigenvalue weighted by atomic mass is 16.6. The van der Waals surface area contributed by atoms with Crippen molar-refractivity contribution >= 4 is 12.1 Å². The van der Waals surface area contributed by atoms with E-state index in [-0.39, 0.29) is 18.7 Å². The fourth-order valence-electron chi connectivity index (χ4n) is 3.40. The Morgan fingerprint density at radius 1 is 1.40 bits per heavy atom. The first-order chi connectivity index (χ1) is 11.8. The Morgan fingerprint density at radius 2 is 2.16 bits per heavy atom. The minimum atomic E-state index is -0.464. The maximum absolute atomic E-state index is 12.3. The predicted octanol–water partition coefficient (Wildman–Crippen LogP) is 1.67. The number of guanidine groups is 1. The number of carbonyl (C=O) groups is 1. The first-order valence-electron chi connectivity index (χ1n) is 9.47. The van der Waals surface area contributed by atoms with E-state index >= 15 is 0 Å². The van der Waals surface area contributed by atoms with Gasteiger partial charge in [-0.1, -0.05) is 13.3 Å². The van der Waals surface area contributed by atoms with Gasteiger partial charge in [0.15, 0.2) is 5.96 Å². The summed E-state index contributed by atoms with van der Waals surface area (Å²) in [6.45, 7) is 11.7. The molecule has 2 unspecified atom stereocenters. The number of nitrogens with zero attached hydrogens (tertiary/aromatic N) is 3. The van der Waals surface area contributed by atoms with Crippen LogP contribution in [0.25, 0.3) is 0 Å². The van der Waals surface area contributed by atoms with E-state index in [9.17, 15) is 9.90 Å². The second-order valence-corrected chi connectivity index (χ2v) is 7.99. The van der Waals surface area contributed by atoms with Crippen LogP contribution in [0, 0.1) is 5.92 Å². The average molecular weight is 354 g/mol. The van der Waals surface area contributed by atoms with Crippen molar-refractivity contribution in [3.05, 3.63) is 0 Å². The molecule has 144 valence electrons. The number of aliphatic hydroxyl groups excluding tert-OH is 1. The van der Waals surface area contributed by atoms with Crippen LogP contribution in [0.2, 0.25) is 0 Å². The lowest BCUT2D eigenvalue weighted by atomic mass is 10.0. The van der Waals surface area contributed by atoms with Gasteiger partial charge in [0.2, 0.25) is 0 Å². The van der Waals surface area contributed by atoms with Crippen LogP contribution < -0.4 is 5.32 Å². The third kappa shape index (κ3) is 5.76. The molecule has 2 aliphatic heterocycles. The summed E-state index contributed by atoms with van der Waals surface area (Å²) in [7, 11) is 0. The largest absolute Gasteiger partial charge is 0.444 e.